The van der Waals surface area contributed by atoms with Gasteiger partial charge in [-0.3, -0.25) is 4.79 Å². The predicted molar refractivity (Wildman–Crippen MR) is 59.6 cm³/mol. The monoisotopic (exact) mass is 253 g/mol. The number of hydrogen-bond donors (Lipinski definition) is 0. The van der Waals surface area contributed by atoms with E-state index < -0.39 is 0 Å². The van der Waals surface area contributed by atoms with Gasteiger partial charge in [0.05, 0.1) is 6.54 Å². The first kappa shape index (κ1) is 9.71. The molecule has 0 atom stereocenters. The maximum absolute atomic E-state index is 11.7. The Kier molecular flexibility index (Phi) is 2.59. The van der Waals surface area contributed by atoms with Gasteiger partial charge in [0.2, 0.25) is 0 Å². The van der Waals surface area contributed by atoms with E-state index in [1.165, 1.54) is 0 Å². The minimum absolute atomic E-state index is 0.295. The van der Waals surface area contributed by atoms with E-state index >= 15 is 0 Å². The molecule has 0 saturated heterocycles. The second-order valence-electron chi connectivity index (χ2n) is 3.73. The van der Waals surface area contributed by atoms with Gasteiger partial charge in [0.1, 0.15) is 0 Å². The number of ketones is 1. The molecule has 0 aliphatic heterocycles. The summed E-state index contributed by atoms with van der Waals surface area (Å²) in [6.45, 7) is 4.48. The number of Topliss-reactive ketones (excluding diaryl/α,β-unsaturated/α-hetero) is 1. The van der Waals surface area contributed by atoms with Crippen LogP contribution in [0.2, 0.25) is 0 Å². The van der Waals surface area contributed by atoms with Gasteiger partial charge in [0, 0.05) is 28.4 Å². The number of rotatable bonds is 4. The molecule has 0 spiro atoms. The third-order valence-corrected chi connectivity index (χ3v) is 2.59. The first-order valence-corrected chi connectivity index (χ1v) is 5.49. The number of carbonyl (C=O) groups is 1. The van der Waals surface area contributed by atoms with Crippen molar-refractivity contribution in [2.45, 2.75) is 19.4 Å². The van der Waals surface area contributed by atoms with Crippen molar-refractivity contribution in [1.29, 1.82) is 0 Å². The Morgan fingerprint density at radius 1 is 1.64 bits per heavy atom. The summed E-state index contributed by atoms with van der Waals surface area (Å²) in [5.74, 6) is 0.599. The summed E-state index contributed by atoms with van der Waals surface area (Å²) in [4.78, 5) is 11.7. The normalized spacial score (nSPS) is 15.5. The summed E-state index contributed by atoms with van der Waals surface area (Å²) in [6.07, 6.45) is 5.94. The summed E-state index contributed by atoms with van der Waals surface area (Å²) in [6, 6.07) is 1.89. The minimum Gasteiger partial charge on any atom is -0.349 e. The van der Waals surface area contributed by atoms with Gasteiger partial charge in [0.15, 0.2) is 5.78 Å². The van der Waals surface area contributed by atoms with Gasteiger partial charge in [-0.15, -0.1) is 0 Å². The molecule has 3 heteroatoms. The summed E-state index contributed by atoms with van der Waals surface area (Å²) < 4.78 is 2.88. The number of nitrogens with zero attached hydrogens (tertiary/aromatic N) is 1. The Morgan fingerprint density at radius 3 is 2.93 bits per heavy atom. The highest BCUT2D eigenvalue weighted by atomic mass is 79.9. The van der Waals surface area contributed by atoms with Crippen LogP contribution in [-0.4, -0.2) is 10.4 Å². The Balaban J connectivity index is 2.08. The number of hydrogen-bond acceptors (Lipinski definition) is 1. The van der Waals surface area contributed by atoms with E-state index in [2.05, 4.69) is 22.5 Å². The van der Waals surface area contributed by atoms with E-state index in [4.69, 9.17) is 0 Å². The third-order valence-electron chi connectivity index (χ3n) is 2.34. The van der Waals surface area contributed by atoms with E-state index in [0.29, 0.717) is 11.7 Å². The molecule has 1 aromatic heterocycles. The number of halogens is 1. The van der Waals surface area contributed by atoms with E-state index in [0.717, 1.165) is 29.4 Å². The fourth-order valence-electron chi connectivity index (χ4n) is 1.46. The predicted octanol–water partition coefficient (Wildman–Crippen LogP) is 2.99. The molecule has 2 rings (SSSR count). The van der Waals surface area contributed by atoms with Crippen LogP contribution in [0.5, 0.6) is 0 Å². The Morgan fingerprint density at radius 2 is 2.36 bits per heavy atom. The molecule has 1 fully saturated rings. The van der Waals surface area contributed by atoms with Crippen molar-refractivity contribution in [3.8, 4) is 0 Å². The fourth-order valence-corrected chi connectivity index (χ4v) is 1.75. The average Bonchev–Trinajstić information content (AvgIpc) is 2.86. The molecule has 1 aliphatic rings. The average molecular weight is 254 g/mol. The molecule has 0 unspecified atom stereocenters. The standard InChI is InChI=1S/C11H12BrNO/c1-8(12)6-13-5-4-10(7-13)11(14)9-2-3-9/h4-5,7,9H,1-3,6H2. The van der Waals surface area contributed by atoms with Gasteiger partial charge in [-0.25, -0.2) is 0 Å². The number of allylic oxidation sites excluding steroid dienone is 1. The summed E-state index contributed by atoms with van der Waals surface area (Å²) >= 11 is 3.30. The zero-order valence-electron chi connectivity index (χ0n) is 7.87. The van der Waals surface area contributed by atoms with E-state index in [1.807, 2.05) is 23.0 Å². The highest BCUT2D eigenvalue weighted by Gasteiger charge is 2.30. The quantitative estimate of drug-likeness (QED) is 0.757. The Hall–Kier alpha value is -0.830. The van der Waals surface area contributed by atoms with Gasteiger partial charge in [-0.05, 0) is 18.9 Å². The second kappa shape index (κ2) is 3.73. The maximum atomic E-state index is 11.7. The van der Waals surface area contributed by atoms with Crippen molar-refractivity contribution in [3.63, 3.8) is 0 Å². The molecule has 0 aromatic carbocycles. The summed E-state index contributed by atoms with van der Waals surface area (Å²) in [7, 11) is 0. The molecule has 0 bridgehead atoms. The lowest BCUT2D eigenvalue weighted by atomic mass is 10.1. The lowest BCUT2D eigenvalue weighted by molar-refractivity contribution is 0.0967. The molecule has 1 saturated carbocycles. The fraction of sp³-hybridized carbons (Fsp3) is 0.364. The maximum Gasteiger partial charge on any atom is 0.167 e. The molecule has 0 N–H and O–H groups in total. The van der Waals surface area contributed by atoms with E-state index in [1.54, 1.807) is 0 Å². The number of aromatic nitrogens is 1. The SMILES string of the molecule is C=C(Br)Cn1ccc(C(=O)C2CC2)c1. The topological polar surface area (TPSA) is 22.0 Å². The highest BCUT2D eigenvalue weighted by molar-refractivity contribution is 9.11. The highest BCUT2D eigenvalue weighted by Crippen LogP contribution is 2.32. The molecule has 74 valence electrons. The minimum atomic E-state index is 0.295. The smallest absolute Gasteiger partial charge is 0.167 e. The molecular weight excluding hydrogens is 242 g/mol. The molecule has 14 heavy (non-hydrogen) atoms. The zero-order chi connectivity index (χ0) is 10.1. The van der Waals surface area contributed by atoms with Crippen molar-refractivity contribution in [2.75, 3.05) is 0 Å². The van der Waals surface area contributed by atoms with Crippen LogP contribution in [0.3, 0.4) is 0 Å². The van der Waals surface area contributed by atoms with Crippen LogP contribution in [0.4, 0.5) is 0 Å². The largest absolute Gasteiger partial charge is 0.349 e. The van der Waals surface area contributed by atoms with Gasteiger partial charge in [-0.2, -0.15) is 0 Å². The van der Waals surface area contributed by atoms with Gasteiger partial charge in [0.25, 0.3) is 0 Å². The van der Waals surface area contributed by atoms with Gasteiger partial charge >= 0.3 is 0 Å². The van der Waals surface area contributed by atoms with Crippen molar-refractivity contribution < 1.29 is 4.79 Å². The van der Waals surface area contributed by atoms with Crippen LogP contribution in [0, 0.1) is 5.92 Å². The van der Waals surface area contributed by atoms with E-state index in [9.17, 15) is 4.79 Å². The van der Waals surface area contributed by atoms with Crippen LogP contribution in [0.1, 0.15) is 23.2 Å². The molecule has 1 aliphatic carbocycles. The Labute approximate surface area is 91.7 Å². The van der Waals surface area contributed by atoms with Crippen molar-refractivity contribution in [1.82, 2.24) is 4.57 Å². The van der Waals surface area contributed by atoms with Crippen LogP contribution in [0.25, 0.3) is 0 Å². The molecule has 0 radical (unpaired) electrons. The molecule has 2 nitrogen and oxygen atoms in total. The molecule has 0 amide bonds. The van der Waals surface area contributed by atoms with Gasteiger partial charge < -0.3 is 4.57 Å². The number of carbonyl (C=O) groups excluding carboxylic acids is 1. The van der Waals surface area contributed by atoms with Crippen LogP contribution < -0.4 is 0 Å². The first-order chi connectivity index (χ1) is 6.66. The second-order valence-corrected chi connectivity index (χ2v) is 4.85. The van der Waals surface area contributed by atoms with Crippen LogP contribution in [-0.2, 0) is 6.54 Å². The Bertz CT molecular complexity index is 376. The van der Waals surface area contributed by atoms with Crippen molar-refractivity contribution in [3.05, 3.63) is 35.1 Å². The zero-order valence-corrected chi connectivity index (χ0v) is 9.46. The first-order valence-electron chi connectivity index (χ1n) is 4.70. The summed E-state index contributed by atoms with van der Waals surface area (Å²) in [5, 5.41) is 0. The lowest BCUT2D eigenvalue weighted by Crippen LogP contribution is -2.00. The molecular formula is C11H12BrNO. The van der Waals surface area contributed by atoms with Crippen LogP contribution >= 0.6 is 15.9 Å². The van der Waals surface area contributed by atoms with Crippen LogP contribution in [0.15, 0.2) is 29.5 Å². The summed E-state index contributed by atoms with van der Waals surface area (Å²) in [5.41, 5.74) is 0.834. The lowest BCUT2D eigenvalue weighted by Gasteiger charge is -1.98. The van der Waals surface area contributed by atoms with Crippen molar-refractivity contribution in [2.24, 2.45) is 5.92 Å². The van der Waals surface area contributed by atoms with E-state index in [-0.39, 0.29) is 0 Å². The third kappa shape index (κ3) is 2.15. The van der Waals surface area contributed by atoms with Crippen molar-refractivity contribution >= 4 is 21.7 Å². The van der Waals surface area contributed by atoms with Gasteiger partial charge in [-0.1, -0.05) is 22.5 Å². The molecule has 1 heterocycles. The molecule has 1 aromatic rings.